The van der Waals surface area contributed by atoms with E-state index in [4.69, 9.17) is 10.5 Å². The maximum absolute atomic E-state index is 6.26. The summed E-state index contributed by atoms with van der Waals surface area (Å²) in [6, 6.07) is 8.14. The van der Waals surface area contributed by atoms with Gasteiger partial charge in [-0.3, -0.25) is 0 Å². The van der Waals surface area contributed by atoms with Crippen LogP contribution >= 0.6 is 0 Å². The molecule has 0 aliphatic carbocycles. The van der Waals surface area contributed by atoms with Crippen molar-refractivity contribution in [2.75, 3.05) is 6.61 Å². The molecule has 0 saturated heterocycles. The summed E-state index contributed by atoms with van der Waals surface area (Å²) in [6.45, 7) is 0.712. The maximum atomic E-state index is 6.26. The summed E-state index contributed by atoms with van der Waals surface area (Å²) in [7, 11) is 1.74. The van der Waals surface area contributed by atoms with Crippen molar-refractivity contribution in [1.82, 2.24) is 20.2 Å². The van der Waals surface area contributed by atoms with Crippen LogP contribution < -0.4 is 5.73 Å². The fourth-order valence-electron chi connectivity index (χ4n) is 2.50. The van der Waals surface area contributed by atoms with E-state index >= 15 is 0 Å². The highest BCUT2D eigenvalue weighted by Gasteiger charge is 2.27. The topological polar surface area (TPSA) is 78.9 Å². The molecule has 0 fully saturated rings. The molecule has 6 nitrogen and oxygen atoms in total. The van der Waals surface area contributed by atoms with Gasteiger partial charge in [0.1, 0.15) is 0 Å². The molecular weight excluding hydrogens is 242 g/mol. The molecule has 1 aliphatic heterocycles. The van der Waals surface area contributed by atoms with Gasteiger partial charge in [-0.1, -0.05) is 24.3 Å². The summed E-state index contributed by atoms with van der Waals surface area (Å²) < 4.78 is 5.84. The van der Waals surface area contributed by atoms with Gasteiger partial charge in [0.25, 0.3) is 0 Å². The predicted octanol–water partition coefficient (Wildman–Crippen LogP) is 0.394. The molecule has 2 atom stereocenters. The zero-order valence-corrected chi connectivity index (χ0v) is 10.9. The van der Waals surface area contributed by atoms with Crippen molar-refractivity contribution in [1.29, 1.82) is 0 Å². The molecule has 2 N–H and O–H groups in total. The molecule has 0 bridgehead atoms. The lowest BCUT2D eigenvalue weighted by Crippen LogP contribution is -2.35. The van der Waals surface area contributed by atoms with Crippen molar-refractivity contribution in [2.45, 2.75) is 25.0 Å². The molecule has 1 aromatic carbocycles. The van der Waals surface area contributed by atoms with E-state index in [1.54, 1.807) is 7.05 Å². The highest BCUT2D eigenvalue weighted by Crippen LogP contribution is 2.29. The number of ether oxygens (including phenoxy) is 1. The quantitative estimate of drug-likeness (QED) is 0.863. The van der Waals surface area contributed by atoms with Gasteiger partial charge in [0, 0.05) is 12.5 Å². The zero-order valence-electron chi connectivity index (χ0n) is 10.9. The summed E-state index contributed by atoms with van der Waals surface area (Å²) in [6.07, 6.45) is 1.42. The minimum absolute atomic E-state index is 0.0891. The summed E-state index contributed by atoms with van der Waals surface area (Å²) in [5, 5.41) is 12.0. The third-order valence-corrected chi connectivity index (χ3v) is 3.39. The minimum atomic E-state index is -0.161. The zero-order chi connectivity index (χ0) is 13.2. The van der Waals surface area contributed by atoms with Crippen LogP contribution in [0.4, 0.5) is 0 Å². The average Bonchev–Trinajstić information content (AvgIpc) is 2.83. The van der Waals surface area contributed by atoms with Crippen LogP contribution in [0, 0.1) is 0 Å². The third-order valence-electron chi connectivity index (χ3n) is 3.39. The van der Waals surface area contributed by atoms with E-state index in [1.165, 1.54) is 15.9 Å². The first kappa shape index (κ1) is 12.3. The fourth-order valence-corrected chi connectivity index (χ4v) is 2.50. The van der Waals surface area contributed by atoms with Gasteiger partial charge >= 0.3 is 0 Å². The maximum Gasteiger partial charge on any atom is 0.176 e. The second-order valence-corrected chi connectivity index (χ2v) is 4.80. The second kappa shape index (κ2) is 5.07. The van der Waals surface area contributed by atoms with Gasteiger partial charge in [0.2, 0.25) is 0 Å². The van der Waals surface area contributed by atoms with Gasteiger partial charge in [0.05, 0.1) is 19.8 Å². The molecule has 6 heteroatoms. The Morgan fingerprint density at radius 2 is 2.32 bits per heavy atom. The van der Waals surface area contributed by atoms with Crippen LogP contribution in [0.25, 0.3) is 0 Å². The smallest absolute Gasteiger partial charge is 0.176 e. The molecule has 1 aliphatic rings. The molecule has 0 spiro atoms. The van der Waals surface area contributed by atoms with Crippen LogP contribution in [0.3, 0.4) is 0 Å². The highest BCUT2D eigenvalue weighted by atomic mass is 16.5. The molecule has 100 valence electrons. The van der Waals surface area contributed by atoms with E-state index in [-0.39, 0.29) is 12.1 Å². The first-order valence-electron chi connectivity index (χ1n) is 6.42. The number of nitrogens with two attached hydrogens (primary N) is 1. The molecule has 0 saturated carbocycles. The largest absolute Gasteiger partial charge is 0.372 e. The molecule has 19 heavy (non-hydrogen) atoms. The van der Waals surface area contributed by atoms with Crippen molar-refractivity contribution in [3.8, 4) is 0 Å². The van der Waals surface area contributed by atoms with E-state index in [2.05, 4.69) is 33.6 Å². The number of rotatable bonds is 3. The number of aromatic nitrogens is 4. The van der Waals surface area contributed by atoms with Crippen molar-refractivity contribution < 1.29 is 4.74 Å². The molecule has 3 rings (SSSR count). The van der Waals surface area contributed by atoms with Gasteiger partial charge in [-0.2, -0.15) is 4.80 Å². The van der Waals surface area contributed by atoms with Crippen LogP contribution in [0.1, 0.15) is 23.1 Å². The van der Waals surface area contributed by atoms with E-state index in [1.807, 2.05) is 6.07 Å². The molecular formula is C13H17N5O. The van der Waals surface area contributed by atoms with Crippen LogP contribution in [0.5, 0.6) is 0 Å². The SMILES string of the molecule is Cn1nnc(CC(N)C2OCCc3ccccc32)n1. The molecule has 0 amide bonds. The van der Waals surface area contributed by atoms with Crippen LogP contribution in [0.15, 0.2) is 24.3 Å². The first-order valence-corrected chi connectivity index (χ1v) is 6.42. The Morgan fingerprint density at radius 1 is 1.47 bits per heavy atom. The Bertz CT molecular complexity index is 568. The number of hydrogen-bond donors (Lipinski definition) is 1. The van der Waals surface area contributed by atoms with Crippen molar-refractivity contribution in [3.63, 3.8) is 0 Å². The Hall–Kier alpha value is -1.79. The number of tetrazole rings is 1. The van der Waals surface area contributed by atoms with Gasteiger partial charge in [-0.15, -0.1) is 10.2 Å². The number of aryl methyl sites for hydroxylation is 1. The first-order chi connectivity index (χ1) is 9.24. The fraction of sp³-hybridized carbons (Fsp3) is 0.462. The second-order valence-electron chi connectivity index (χ2n) is 4.80. The normalized spacial score (nSPS) is 20.0. The number of benzene rings is 1. The van der Waals surface area contributed by atoms with Gasteiger partial charge in [0.15, 0.2) is 5.82 Å². The Kier molecular flexibility index (Phi) is 3.27. The van der Waals surface area contributed by atoms with Crippen molar-refractivity contribution in [2.24, 2.45) is 12.8 Å². The van der Waals surface area contributed by atoms with Crippen LogP contribution in [0.2, 0.25) is 0 Å². The molecule has 2 heterocycles. The number of nitrogens with zero attached hydrogens (tertiary/aromatic N) is 4. The van der Waals surface area contributed by atoms with E-state index in [9.17, 15) is 0 Å². The Balaban J connectivity index is 1.79. The molecule has 2 aromatic rings. The third kappa shape index (κ3) is 2.50. The Labute approximate surface area is 111 Å². The predicted molar refractivity (Wildman–Crippen MR) is 69.3 cm³/mol. The Morgan fingerprint density at radius 3 is 3.11 bits per heavy atom. The van der Waals surface area contributed by atoms with Gasteiger partial charge in [-0.25, -0.2) is 0 Å². The lowest BCUT2D eigenvalue weighted by atomic mass is 9.92. The molecule has 0 radical (unpaired) electrons. The summed E-state index contributed by atoms with van der Waals surface area (Å²) >= 11 is 0. The van der Waals surface area contributed by atoms with E-state index in [0.29, 0.717) is 18.9 Å². The average molecular weight is 259 g/mol. The van der Waals surface area contributed by atoms with E-state index < -0.39 is 0 Å². The van der Waals surface area contributed by atoms with Gasteiger partial charge in [-0.05, 0) is 22.8 Å². The van der Waals surface area contributed by atoms with Crippen LogP contribution in [-0.4, -0.2) is 32.9 Å². The van der Waals surface area contributed by atoms with Crippen molar-refractivity contribution >= 4 is 0 Å². The number of fused-ring (bicyclic) bond motifs is 1. The number of hydrogen-bond acceptors (Lipinski definition) is 5. The standard InChI is InChI=1S/C13H17N5O/c1-18-16-12(15-17-18)8-11(14)13-10-5-3-2-4-9(10)6-7-19-13/h2-5,11,13H,6-8,14H2,1H3. The van der Waals surface area contributed by atoms with Crippen molar-refractivity contribution in [3.05, 3.63) is 41.2 Å². The van der Waals surface area contributed by atoms with Crippen LogP contribution in [-0.2, 0) is 24.6 Å². The molecule has 2 unspecified atom stereocenters. The molecule has 1 aromatic heterocycles. The summed E-state index contributed by atoms with van der Waals surface area (Å²) in [5.41, 5.74) is 8.77. The van der Waals surface area contributed by atoms with E-state index in [0.717, 1.165) is 6.42 Å². The summed E-state index contributed by atoms with van der Waals surface area (Å²) in [4.78, 5) is 1.44. The highest BCUT2D eigenvalue weighted by molar-refractivity contribution is 5.32. The summed E-state index contributed by atoms with van der Waals surface area (Å²) in [5.74, 6) is 0.654. The monoisotopic (exact) mass is 259 g/mol. The van der Waals surface area contributed by atoms with Gasteiger partial charge < -0.3 is 10.5 Å². The lowest BCUT2D eigenvalue weighted by molar-refractivity contribution is 0.0242. The minimum Gasteiger partial charge on any atom is -0.372 e. The lowest BCUT2D eigenvalue weighted by Gasteiger charge is -2.29.